The molecule has 0 saturated carbocycles. The van der Waals surface area contributed by atoms with E-state index >= 15 is 0 Å². The quantitative estimate of drug-likeness (QED) is 0.713. The lowest BCUT2D eigenvalue weighted by atomic mass is 10.2. The van der Waals surface area contributed by atoms with Gasteiger partial charge in [0.1, 0.15) is 11.0 Å². The summed E-state index contributed by atoms with van der Waals surface area (Å²) in [5.41, 5.74) is 0.846. The minimum absolute atomic E-state index is 0.182. The number of rotatable bonds is 6. The van der Waals surface area contributed by atoms with Crippen LogP contribution in [-0.2, 0) is 4.79 Å². The molecular weight excluding hydrogens is 386 g/mol. The van der Waals surface area contributed by atoms with Crippen LogP contribution in [0.2, 0.25) is 5.02 Å². The van der Waals surface area contributed by atoms with Gasteiger partial charge in [0.2, 0.25) is 11.0 Å². The monoisotopic (exact) mass is 407 g/mol. The molecule has 1 atom stereocenters. The second-order valence-corrected chi connectivity index (χ2v) is 7.76. The zero-order valence-corrected chi connectivity index (χ0v) is 16.6. The van der Waals surface area contributed by atoms with Crippen LogP contribution in [0.3, 0.4) is 0 Å². The first-order valence-electron chi connectivity index (χ1n) is 9.03. The number of likely N-dealkylation sites (tertiary alicyclic amines) is 1. The number of benzene rings is 1. The van der Waals surface area contributed by atoms with E-state index in [1.54, 1.807) is 17.0 Å². The van der Waals surface area contributed by atoms with Crippen LogP contribution >= 0.6 is 22.9 Å². The smallest absolute Gasteiger partial charge is 0.318 e. The van der Waals surface area contributed by atoms with Crippen molar-refractivity contribution in [1.82, 2.24) is 20.4 Å². The summed E-state index contributed by atoms with van der Waals surface area (Å²) in [4.78, 5) is 26.6. The maximum absolute atomic E-state index is 12.6. The van der Waals surface area contributed by atoms with Gasteiger partial charge < -0.3 is 10.2 Å². The van der Waals surface area contributed by atoms with Crippen molar-refractivity contribution < 1.29 is 9.59 Å². The summed E-state index contributed by atoms with van der Waals surface area (Å²) in [7, 11) is 0. The molecule has 27 heavy (non-hydrogen) atoms. The Hall–Kier alpha value is -2.19. The fourth-order valence-corrected chi connectivity index (χ4v) is 3.89. The van der Waals surface area contributed by atoms with Gasteiger partial charge in [-0.3, -0.25) is 10.1 Å². The second kappa shape index (κ2) is 9.14. The number of nitrogens with one attached hydrogen (secondary N) is 2. The highest BCUT2D eigenvalue weighted by molar-refractivity contribution is 7.18. The van der Waals surface area contributed by atoms with Crippen molar-refractivity contribution in [1.29, 1.82) is 0 Å². The van der Waals surface area contributed by atoms with Crippen LogP contribution in [0.5, 0.6) is 0 Å². The van der Waals surface area contributed by atoms with Crippen molar-refractivity contribution in [3.8, 4) is 10.6 Å². The number of anilines is 1. The van der Waals surface area contributed by atoms with Gasteiger partial charge in [-0.1, -0.05) is 48.4 Å². The van der Waals surface area contributed by atoms with Crippen LogP contribution in [0, 0.1) is 0 Å². The molecule has 3 amide bonds. The molecule has 1 unspecified atom stereocenters. The van der Waals surface area contributed by atoms with Gasteiger partial charge in [-0.15, -0.1) is 10.2 Å². The zero-order chi connectivity index (χ0) is 19.2. The van der Waals surface area contributed by atoms with E-state index < -0.39 is 6.04 Å². The van der Waals surface area contributed by atoms with E-state index in [9.17, 15) is 9.59 Å². The summed E-state index contributed by atoms with van der Waals surface area (Å²) >= 11 is 7.28. The summed E-state index contributed by atoms with van der Waals surface area (Å²) < 4.78 is 0. The third-order valence-corrected chi connectivity index (χ3v) is 5.47. The van der Waals surface area contributed by atoms with E-state index in [4.69, 9.17) is 11.6 Å². The number of hydrogen-bond acceptors (Lipinski definition) is 5. The molecule has 1 fully saturated rings. The van der Waals surface area contributed by atoms with Crippen molar-refractivity contribution >= 4 is 40.0 Å². The molecule has 1 aromatic heterocycles. The lowest BCUT2D eigenvalue weighted by Crippen LogP contribution is -2.47. The molecule has 1 saturated heterocycles. The van der Waals surface area contributed by atoms with Crippen molar-refractivity contribution in [3.63, 3.8) is 0 Å². The Morgan fingerprint density at radius 2 is 2.22 bits per heavy atom. The molecule has 2 heterocycles. The van der Waals surface area contributed by atoms with Crippen LogP contribution in [0.4, 0.5) is 9.93 Å². The standard InChI is InChI=1S/C18H22ClN5O2S/c1-2-3-9-20-18(26)24-10-5-8-14(24)15(25)21-17-23-22-16(27-17)12-6-4-7-13(19)11-12/h4,6-7,11,14H,2-3,5,8-10H2,1H3,(H,20,26)(H,21,23,25). The van der Waals surface area contributed by atoms with E-state index in [1.165, 1.54) is 11.3 Å². The molecule has 3 rings (SSSR count). The Kier molecular flexibility index (Phi) is 6.63. The van der Waals surface area contributed by atoms with Gasteiger partial charge in [-0.05, 0) is 31.4 Å². The molecule has 7 nitrogen and oxygen atoms in total. The number of hydrogen-bond donors (Lipinski definition) is 2. The van der Waals surface area contributed by atoms with Gasteiger partial charge in [0.25, 0.3) is 0 Å². The van der Waals surface area contributed by atoms with Gasteiger partial charge in [0, 0.05) is 23.7 Å². The molecular formula is C18H22ClN5O2S. The average molecular weight is 408 g/mol. The van der Waals surface area contributed by atoms with Gasteiger partial charge in [0.05, 0.1) is 0 Å². The molecule has 1 aliphatic rings. The highest BCUT2D eigenvalue weighted by Crippen LogP contribution is 2.28. The highest BCUT2D eigenvalue weighted by Gasteiger charge is 2.34. The number of unbranched alkanes of at least 4 members (excludes halogenated alkanes) is 1. The Bertz CT molecular complexity index is 813. The Labute approximate surface area is 167 Å². The van der Waals surface area contributed by atoms with Gasteiger partial charge in [-0.2, -0.15) is 0 Å². The van der Waals surface area contributed by atoms with E-state index in [0.29, 0.717) is 34.7 Å². The zero-order valence-electron chi connectivity index (χ0n) is 15.1. The maximum atomic E-state index is 12.6. The highest BCUT2D eigenvalue weighted by atomic mass is 35.5. The van der Waals surface area contributed by atoms with Gasteiger partial charge in [0.15, 0.2) is 0 Å². The number of carbonyl (C=O) groups excluding carboxylic acids is 2. The molecule has 0 aliphatic carbocycles. The molecule has 1 aromatic carbocycles. The largest absolute Gasteiger partial charge is 0.338 e. The number of carbonyl (C=O) groups is 2. The van der Waals surface area contributed by atoms with Gasteiger partial charge >= 0.3 is 6.03 Å². The molecule has 0 spiro atoms. The SMILES string of the molecule is CCCCNC(=O)N1CCCC1C(=O)Nc1nnc(-c2cccc(Cl)c2)s1. The lowest BCUT2D eigenvalue weighted by molar-refractivity contribution is -0.119. The Morgan fingerprint density at radius 3 is 3.00 bits per heavy atom. The molecule has 9 heteroatoms. The van der Waals surface area contributed by atoms with Crippen molar-refractivity contribution in [2.45, 2.75) is 38.6 Å². The number of aromatic nitrogens is 2. The predicted molar refractivity (Wildman–Crippen MR) is 107 cm³/mol. The number of amides is 3. The predicted octanol–water partition coefficient (Wildman–Crippen LogP) is 3.77. The van der Waals surface area contributed by atoms with E-state index in [1.807, 2.05) is 12.1 Å². The Morgan fingerprint density at radius 1 is 1.37 bits per heavy atom. The van der Waals surface area contributed by atoms with Gasteiger partial charge in [-0.25, -0.2) is 4.79 Å². The van der Waals surface area contributed by atoms with Crippen LogP contribution in [0.15, 0.2) is 24.3 Å². The lowest BCUT2D eigenvalue weighted by Gasteiger charge is -2.23. The normalized spacial score (nSPS) is 16.4. The van der Waals surface area contributed by atoms with Crippen LogP contribution in [0.1, 0.15) is 32.6 Å². The number of nitrogens with zero attached hydrogens (tertiary/aromatic N) is 3. The first-order valence-corrected chi connectivity index (χ1v) is 10.2. The first-order chi connectivity index (χ1) is 13.1. The van der Waals surface area contributed by atoms with Crippen molar-refractivity contribution in [2.75, 3.05) is 18.4 Å². The Balaban J connectivity index is 1.62. The number of urea groups is 1. The molecule has 0 bridgehead atoms. The summed E-state index contributed by atoms with van der Waals surface area (Å²) in [5.74, 6) is -0.230. The third-order valence-electron chi connectivity index (χ3n) is 4.35. The summed E-state index contributed by atoms with van der Waals surface area (Å²) in [6.07, 6.45) is 3.39. The fourth-order valence-electron chi connectivity index (χ4n) is 2.96. The molecule has 144 valence electrons. The first kappa shape index (κ1) is 19.6. The third kappa shape index (κ3) is 4.95. The molecule has 1 aliphatic heterocycles. The minimum Gasteiger partial charge on any atom is -0.338 e. The van der Waals surface area contributed by atoms with Crippen molar-refractivity contribution in [3.05, 3.63) is 29.3 Å². The van der Waals surface area contributed by atoms with E-state index in [0.717, 1.165) is 24.8 Å². The van der Waals surface area contributed by atoms with Crippen LogP contribution in [0.25, 0.3) is 10.6 Å². The summed E-state index contributed by atoms with van der Waals surface area (Å²) in [6, 6.07) is 6.65. The molecule has 2 aromatic rings. The van der Waals surface area contributed by atoms with Crippen LogP contribution < -0.4 is 10.6 Å². The molecule has 0 radical (unpaired) electrons. The minimum atomic E-state index is -0.481. The second-order valence-electron chi connectivity index (χ2n) is 6.35. The summed E-state index contributed by atoms with van der Waals surface area (Å²) in [6.45, 7) is 3.28. The van der Waals surface area contributed by atoms with E-state index in [-0.39, 0.29) is 11.9 Å². The fraction of sp³-hybridized carbons (Fsp3) is 0.444. The van der Waals surface area contributed by atoms with Crippen LogP contribution in [-0.4, -0.2) is 46.2 Å². The number of halogens is 1. The maximum Gasteiger partial charge on any atom is 0.318 e. The average Bonchev–Trinajstić information content (AvgIpc) is 3.31. The molecule has 2 N–H and O–H groups in total. The van der Waals surface area contributed by atoms with E-state index in [2.05, 4.69) is 27.8 Å². The van der Waals surface area contributed by atoms with Crippen molar-refractivity contribution in [2.24, 2.45) is 0 Å². The summed E-state index contributed by atoms with van der Waals surface area (Å²) in [5, 5.41) is 15.5. The topological polar surface area (TPSA) is 87.2 Å².